The number of halogens is 1. The molecule has 0 bridgehead atoms. The van der Waals surface area contributed by atoms with Gasteiger partial charge in [-0.25, -0.2) is 9.18 Å². The first-order chi connectivity index (χ1) is 14.5. The van der Waals surface area contributed by atoms with E-state index in [1.807, 2.05) is 6.07 Å². The molecule has 0 aliphatic heterocycles. The van der Waals surface area contributed by atoms with Crippen molar-refractivity contribution in [2.75, 3.05) is 13.7 Å². The number of ether oxygens (including phenoxy) is 1. The highest BCUT2D eigenvalue weighted by Crippen LogP contribution is 2.20. The summed E-state index contributed by atoms with van der Waals surface area (Å²) in [5.74, 6) is -1.48. The van der Waals surface area contributed by atoms with Crippen molar-refractivity contribution in [2.24, 2.45) is 0 Å². The maximum atomic E-state index is 13.1. The fourth-order valence-electron chi connectivity index (χ4n) is 2.98. The molecule has 2 aromatic rings. The van der Waals surface area contributed by atoms with Gasteiger partial charge in [0, 0.05) is 17.7 Å². The van der Waals surface area contributed by atoms with Gasteiger partial charge in [0.25, 0.3) is 11.8 Å². The zero-order valence-corrected chi connectivity index (χ0v) is 16.8. The van der Waals surface area contributed by atoms with Crippen LogP contribution < -0.4 is 10.6 Å². The molecule has 6 nitrogen and oxygen atoms in total. The van der Waals surface area contributed by atoms with Crippen molar-refractivity contribution in [3.8, 4) is 0 Å². The highest BCUT2D eigenvalue weighted by molar-refractivity contribution is 5.99. The first-order valence-electron chi connectivity index (χ1n) is 9.59. The lowest BCUT2D eigenvalue weighted by Crippen LogP contribution is -2.53. The molecule has 2 amide bonds. The summed E-state index contributed by atoms with van der Waals surface area (Å²) in [4.78, 5) is 37.0. The third kappa shape index (κ3) is 6.27. The molecular weight excluding hydrogens is 387 g/mol. The van der Waals surface area contributed by atoms with E-state index < -0.39 is 17.4 Å². The summed E-state index contributed by atoms with van der Waals surface area (Å²) in [5.41, 5.74) is -0.745. The van der Waals surface area contributed by atoms with E-state index in [-0.39, 0.29) is 18.7 Å². The van der Waals surface area contributed by atoms with Crippen molar-refractivity contribution < 1.29 is 23.5 Å². The Balaban J connectivity index is 1.98. The molecule has 7 heteroatoms. The van der Waals surface area contributed by atoms with Crippen molar-refractivity contribution in [2.45, 2.75) is 24.8 Å². The molecule has 158 valence electrons. The number of methoxy groups -OCH3 is 1. The number of hydrogen-bond acceptors (Lipinski definition) is 4. The van der Waals surface area contributed by atoms with E-state index in [4.69, 9.17) is 4.74 Å². The quantitative estimate of drug-likeness (QED) is 0.463. The molecule has 0 aliphatic rings. The molecule has 2 N–H and O–H groups in total. The molecule has 0 saturated carbocycles. The van der Waals surface area contributed by atoms with Crippen molar-refractivity contribution in [3.05, 3.63) is 84.2 Å². The van der Waals surface area contributed by atoms with Crippen LogP contribution in [0.2, 0.25) is 0 Å². The zero-order valence-electron chi connectivity index (χ0n) is 16.8. The largest absolute Gasteiger partial charge is 0.467 e. The van der Waals surface area contributed by atoms with Gasteiger partial charge in [0.05, 0.1) is 13.4 Å². The number of amides is 2. The van der Waals surface area contributed by atoms with E-state index in [0.29, 0.717) is 30.5 Å². The summed E-state index contributed by atoms with van der Waals surface area (Å²) < 4.78 is 17.9. The molecule has 30 heavy (non-hydrogen) atoms. The maximum Gasteiger partial charge on any atom is 0.335 e. The van der Waals surface area contributed by atoms with E-state index >= 15 is 0 Å². The Labute approximate surface area is 175 Å². The second kappa shape index (κ2) is 11.5. The van der Waals surface area contributed by atoms with Crippen LogP contribution in [0.5, 0.6) is 0 Å². The fraction of sp³-hybridized carbons (Fsp3) is 0.261. The number of benzene rings is 2. The van der Waals surface area contributed by atoms with Crippen LogP contribution in [0.3, 0.4) is 0 Å². The topological polar surface area (TPSA) is 84.5 Å². The molecule has 0 aromatic heterocycles. The lowest BCUT2D eigenvalue weighted by Gasteiger charge is -2.29. The van der Waals surface area contributed by atoms with Gasteiger partial charge < -0.3 is 15.4 Å². The molecule has 1 unspecified atom stereocenters. The van der Waals surface area contributed by atoms with Crippen molar-refractivity contribution in [3.63, 3.8) is 0 Å². The predicted molar refractivity (Wildman–Crippen MR) is 112 cm³/mol. The summed E-state index contributed by atoms with van der Waals surface area (Å²) in [7, 11) is 1.18. The van der Waals surface area contributed by atoms with Gasteiger partial charge in [0.1, 0.15) is 0 Å². The number of rotatable bonds is 10. The third-order valence-corrected chi connectivity index (χ3v) is 4.59. The normalized spacial score (nSPS) is 12.7. The van der Waals surface area contributed by atoms with Gasteiger partial charge in [-0.05, 0) is 49.6 Å². The highest BCUT2D eigenvalue weighted by atomic mass is 19.1. The van der Waals surface area contributed by atoms with Crippen LogP contribution in [0.1, 0.15) is 40.0 Å². The van der Waals surface area contributed by atoms with Crippen LogP contribution >= 0.6 is 0 Å². The second-order valence-electron chi connectivity index (χ2n) is 6.65. The van der Waals surface area contributed by atoms with Gasteiger partial charge in [-0.15, -0.1) is 0 Å². The number of unbranched alkanes of at least 4 members (excludes halogenated alkanes) is 1. The van der Waals surface area contributed by atoms with E-state index in [1.54, 1.807) is 54.6 Å². The number of carbonyl (C=O) groups excluding carboxylic acids is 3. The molecular formula is C23H25FN2O4. The third-order valence-electron chi connectivity index (χ3n) is 4.59. The smallest absolute Gasteiger partial charge is 0.335 e. The van der Waals surface area contributed by atoms with Crippen LogP contribution in [-0.2, 0) is 9.53 Å². The van der Waals surface area contributed by atoms with Gasteiger partial charge in [0.2, 0.25) is 0 Å². The minimum atomic E-state index is -1.64. The Morgan fingerprint density at radius 1 is 0.933 bits per heavy atom. The van der Waals surface area contributed by atoms with Crippen LogP contribution in [0.4, 0.5) is 4.39 Å². The number of nitrogens with one attached hydrogen (secondary N) is 2. The lowest BCUT2D eigenvalue weighted by molar-refractivity contribution is -0.146. The SMILES string of the molecule is COC(=O)C(/C=C\F)(CCCCNC(=O)c1ccccc1)NC(=O)c1ccccc1. The van der Waals surface area contributed by atoms with Crippen molar-refractivity contribution in [1.82, 2.24) is 10.6 Å². The van der Waals surface area contributed by atoms with E-state index in [0.717, 1.165) is 6.08 Å². The molecule has 2 aromatic carbocycles. The summed E-state index contributed by atoms with van der Waals surface area (Å²) >= 11 is 0. The Bertz CT molecular complexity index is 871. The monoisotopic (exact) mass is 412 g/mol. The summed E-state index contributed by atoms with van der Waals surface area (Å²) in [6, 6.07) is 17.1. The summed E-state index contributed by atoms with van der Waals surface area (Å²) in [5, 5.41) is 5.39. The molecule has 2 rings (SSSR count). The molecule has 0 aliphatic carbocycles. The Kier molecular flexibility index (Phi) is 8.75. The summed E-state index contributed by atoms with van der Waals surface area (Å²) in [6.45, 7) is 0.372. The molecule has 0 spiro atoms. The van der Waals surface area contributed by atoms with Gasteiger partial charge >= 0.3 is 5.97 Å². The van der Waals surface area contributed by atoms with Crippen LogP contribution in [0, 0.1) is 0 Å². The summed E-state index contributed by atoms with van der Waals surface area (Å²) in [6.07, 6.45) is 2.28. The standard InChI is InChI=1S/C23H25FN2O4/c1-30-22(29)23(15-16-24,26-21(28)19-12-6-3-7-13-19)14-8-9-17-25-20(27)18-10-4-2-5-11-18/h2-7,10-13,15-16H,8-9,14,17H2,1H3,(H,25,27)(H,26,28)/b16-15-. The second-order valence-corrected chi connectivity index (χ2v) is 6.65. The number of carbonyl (C=O) groups is 3. The minimum absolute atomic E-state index is 0.111. The Morgan fingerprint density at radius 3 is 2.03 bits per heavy atom. The van der Waals surface area contributed by atoms with Gasteiger partial charge in [0.15, 0.2) is 5.54 Å². The predicted octanol–water partition coefficient (Wildman–Crippen LogP) is 3.41. The van der Waals surface area contributed by atoms with Gasteiger partial charge in [-0.2, -0.15) is 0 Å². The maximum absolute atomic E-state index is 13.1. The van der Waals surface area contributed by atoms with Crippen LogP contribution in [0.15, 0.2) is 73.1 Å². The fourth-order valence-corrected chi connectivity index (χ4v) is 2.98. The molecule has 0 saturated heterocycles. The van der Waals surface area contributed by atoms with Gasteiger partial charge in [-0.3, -0.25) is 9.59 Å². The highest BCUT2D eigenvalue weighted by Gasteiger charge is 2.38. The van der Waals surface area contributed by atoms with Gasteiger partial charge in [-0.1, -0.05) is 36.4 Å². The van der Waals surface area contributed by atoms with E-state index in [2.05, 4.69) is 10.6 Å². The van der Waals surface area contributed by atoms with E-state index in [9.17, 15) is 18.8 Å². The van der Waals surface area contributed by atoms with Crippen LogP contribution in [-0.4, -0.2) is 37.0 Å². The van der Waals surface area contributed by atoms with Crippen molar-refractivity contribution in [1.29, 1.82) is 0 Å². The minimum Gasteiger partial charge on any atom is -0.467 e. The van der Waals surface area contributed by atoms with Crippen molar-refractivity contribution >= 4 is 17.8 Å². The first-order valence-corrected chi connectivity index (χ1v) is 9.59. The molecule has 0 radical (unpaired) electrons. The number of hydrogen-bond donors (Lipinski definition) is 2. The molecule has 1 atom stereocenters. The first kappa shape index (κ1) is 22.8. The lowest BCUT2D eigenvalue weighted by atomic mass is 9.91. The van der Waals surface area contributed by atoms with E-state index in [1.165, 1.54) is 7.11 Å². The average molecular weight is 412 g/mol. The average Bonchev–Trinajstić information content (AvgIpc) is 2.79. The molecule has 0 heterocycles. The Hall–Kier alpha value is -3.48. The molecule has 0 fully saturated rings. The van der Waals surface area contributed by atoms with Crippen LogP contribution in [0.25, 0.3) is 0 Å². The Morgan fingerprint density at radius 2 is 1.50 bits per heavy atom. The zero-order chi connectivity index (χ0) is 21.8. The number of esters is 1.